The summed E-state index contributed by atoms with van der Waals surface area (Å²) in [5.41, 5.74) is 1.06. The van der Waals surface area contributed by atoms with Crippen LogP contribution in [0.15, 0.2) is 24.3 Å². The first-order valence-corrected chi connectivity index (χ1v) is 7.91. The molecule has 1 aliphatic heterocycles. The van der Waals surface area contributed by atoms with Crippen LogP contribution in [0.25, 0.3) is 0 Å². The average molecular weight is 311 g/mol. The summed E-state index contributed by atoms with van der Waals surface area (Å²) < 4.78 is 12.9. The molecule has 2 N–H and O–H groups in total. The third-order valence-corrected chi connectivity index (χ3v) is 3.85. The van der Waals surface area contributed by atoms with Crippen LogP contribution in [0.3, 0.4) is 0 Å². The molecule has 1 atom stereocenters. The van der Waals surface area contributed by atoms with Crippen molar-refractivity contribution in [1.82, 2.24) is 15.5 Å². The van der Waals surface area contributed by atoms with Crippen molar-refractivity contribution in [3.05, 3.63) is 35.6 Å². The molecule has 4 nitrogen and oxygen atoms in total. The van der Waals surface area contributed by atoms with E-state index < -0.39 is 0 Å². The summed E-state index contributed by atoms with van der Waals surface area (Å²) in [4.78, 5) is 14.3. The molecule has 1 unspecified atom stereocenters. The molecule has 0 saturated carbocycles. The van der Waals surface area contributed by atoms with Crippen molar-refractivity contribution in [2.45, 2.75) is 19.0 Å². The molecule has 1 aromatic carbocycles. The van der Waals surface area contributed by atoms with E-state index in [9.17, 15) is 9.18 Å². The zero-order valence-electron chi connectivity index (χ0n) is 12.0. The molecule has 2 rings (SSSR count). The third-order valence-electron chi connectivity index (χ3n) is 3.53. The molecule has 116 valence electrons. The fourth-order valence-corrected chi connectivity index (χ4v) is 2.55. The second-order valence-corrected chi connectivity index (χ2v) is 5.68. The highest BCUT2D eigenvalue weighted by Gasteiger charge is 2.24. The lowest BCUT2D eigenvalue weighted by atomic mass is 10.1. The number of nitrogens with one attached hydrogen (secondary N) is 2. The Balaban J connectivity index is 1.82. The van der Waals surface area contributed by atoms with E-state index in [2.05, 4.69) is 28.2 Å². The summed E-state index contributed by atoms with van der Waals surface area (Å²) in [6, 6.07) is 6.34. The maximum atomic E-state index is 12.9. The van der Waals surface area contributed by atoms with Crippen LogP contribution in [0.1, 0.15) is 12.0 Å². The number of nitrogens with zero attached hydrogens (tertiary/aromatic N) is 1. The maximum absolute atomic E-state index is 12.9. The van der Waals surface area contributed by atoms with E-state index in [1.165, 1.54) is 12.1 Å². The predicted molar refractivity (Wildman–Crippen MR) is 84.9 cm³/mol. The standard InChI is InChI=1S/C15H22FN3OS/c16-13-4-2-12(3-5-13)10-19-8-7-17-14(11-19)15(20)18-6-1-9-21/h2-5,14,17,21H,1,6-11H2,(H,18,20). The van der Waals surface area contributed by atoms with Gasteiger partial charge >= 0.3 is 0 Å². The molecule has 21 heavy (non-hydrogen) atoms. The van der Waals surface area contributed by atoms with E-state index in [-0.39, 0.29) is 17.8 Å². The Kier molecular flexibility index (Phi) is 6.48. The highest BCUT2D eigenvalue weighted by molar-refractivity contribution is 7.80. The zero-order valence-corrected chi connectivity index (χ0v) is 12.9. The normalized spacial score (nSPS) is 19.4. The minimum absolute atomic E-state index is 0.0422. The first-order chi connectivity index (χ1) is 10.2. The van der Waals surface area contributed by atoms with E-state index in [1.807, 2.05) is 0 Å². The number of piperazine rings is 1. The molecule has 6 heteroatoms. The van der Waals surface area contributed by atoms with Crippen LogP contribution >= 0.6 is 12.6 Å². The molecule has 1 heterocycles. The van der Waals surface area contributed by atoms with Gasteiger partial charge in [-0.1, -0.05) is 12.1 Å². The Hall–Kier alpha value is -1.11. The van der Waals surface area contributed by atoms with Crippen molar-refractivity contribution in [3.8, 4) is 0 Å². The number of hydrogen-bond donors (Lipinski definition) is 3. The number of carbonyl (C=O) groups is 1. The van der Waals surface area contributed by atoms with Crippen molar-refractivity contribution in [3.63, 3.8) is 0 Å². The van der Waals surface area contributed by atoms with E-state index >= 15 is 0 Å². The number of carbonyl (C=O) groups excluding carboxylic acids is 1. The molecule has 0 aromatic heterocycles. The minimum Gasteiger partial charge on any atom is -0.355 e. The van der Waals surface area contributed by atoms with Gasteiger partial charge in [0.25, 0.3) is 0 Å². The van der Waals surface area contributed by atoms with Crippen molar-refractivity contribution in [2.24, 2.45) is 0 Å². The fraction of sp³-hybridized carbons (Fsp3) is 0.533. The van der Waals surface area contributed by atoms with Gasteiger partial charge in [-0.15, -0.1) is 0 Å². The van der Waals surface area contributed by atoms with Crippen molar-refractivity contribution in [2.75, 3.05) is 31.9 Å². The molecule has 1 amide bonds. The van der Waals surface area contributed by atoms with Crippen molar-refractivity contribution < 1.29 is 9.18 Å². The van der Waals surface area contributed by atoms with Crippen molar-refractivity contribution in [1.29, 1.82) is 0 Å². The fourth-order valence-electron chi connectivity index (χ4n) is 2.39. The Morgan fingerprint density at radius 3 is 2.90 bits per heavy atom. The SMILES string of the molecule is O=C(NCCCS)C1CN(Cc2ccc(F)cc2)CCN1. The monoisotopic (exact) mass is 311 g/mol. The van der Waals surface area contributed by atoms with Gasteiger partial charge in [0.05, 0.1) is 6.04 Å². The number of thiol groups is 1. The first-order valence-electron chi connectivity index (χ1n) is 7.28. The third kappa shape index (κ3) is 5.30. The van der Waals surface area contributed by atoms with Gasteiger partial charge in [0.2, 0.25) is 5.91 Å². The summed E-state index contributed by atoms with van der Waals surface area (Å²) in [7, 11) is 0. The van der Waals surface area contributed by atoms with Crippen LogP contribution in [0, 0.1) is 5.82 Å². The van der Waals surface area contributed by atoms with Gasteiger partial charge < -0.3 is 10.6 Å². The van der Waals surface area contributed by atoms with Gasteiger partial charge in [0.15, 0.2) is 0 Å². The van der Waals surface area contributed by atoms with E-state index in [4.69, 9.17) is 0 Å². The number of benzene rings is 1. The van der Waals surface area contributed by atoms with E-state index in [1.54, 1.807) is 12.1 Å². The number of rotatable bonds is 6. The van der Waals surface area contributed by atoms with Gasteiger partial charge in [0.1, 0.15) is 5.82 Å². The quantitative estimate of drug-likeness (QED) is 0.543. The topological polar surface area (TPSA) is 44.4 Å². The highest BCUT2D eigenvalue weighted by Crippen LogP contribution is 2.09. The molecule has 0 bridgehead atoms. The molecule has 0 aliphatic carbocycles. The molecular formula is C15H22FN3OS. The molecule has 0 radical (unpaired) electrons. The first kappa shape index (κ1) is 16.3. The lowest BCUT2D eigenvalue weighted by Crippen LogP contribution is -2.56. The second-order valence-electron chi connectivity index (χ2n) is 5.24. The summed E-state index contributed by atoms with van der Waals surface area (Å²) in [5, 5.41) is 6.16. The molecule has 0 spiro atoms. The number of halogens is 1. The van der Waals surface area contributed by atoms with Gasteiger partial charge in [-0.25, -0.2) is 4.39 Å². The van der Waals surface area contributed by atoms with E-state index in [0.717, 1.165) is 37.4 Å². The van der Waals surface area contributed by atoms with Crippen LogP contribution in [-0.2, 0) is 11.3 Å². The van der Waals surface area contributed by atoms with Crippen LogP contribution in [0.5, 0.6) is 0 Å². The Morgan fingerprint density at radius 1 is 1.43 bits per heavy atom. The van der Waals surface area contributed by atoms with Gasteiger partial charge in [-0.05, 0) is 29.9 Å². The number of hydrogen-bond acceptors (Lipinski definition) is 4. The van der Waals surface area contributed by atoms with Crippen molar-refractivity contribution >= 4 is 18.5 Å². The van der Waals surface area contributed by atoms with Gasteiger partial charge in [-0.2, -0.15) is 12.6 Å². The predicted octanol–water partition coefficient (Wildman–Crippen LogP) is 1.04. The second kappa shape index (κ2) is 8.36. The summed E-state index contributed by atoms with van der Waals surface area (Å²) in [6.07, 6.45) is 0.876. The molecule has 1 saturated heterocycles. The summed E-state index contributed by atoms with van der Waals surface area (Å²) in [6.45, 7) is 3.74. The highest BCUT2D eigenvalue weighted by atomic mass is 32.1. The smallest absolute Gasteiger partial charge is 0.238 e. The molecular weight excluding hydrogens is 289 g/mol. The minimum atomic E-state index is -0.222. The van der Waals surface area contributed by atoms with E-state index in [0.29, 0.717) is 13.1 Å². The van der Waals surface area contributed by atoms with Gasteiger partial charge in [0, 0.05) is 32.7 Å². The lowest BCUT2D eigenvalue weighted by molar-refractivity contribution is -0.124. The Morgan fingerprint density at radius 2 is 2.19 bits per heavy atom. The van der Waals surface area contributed by atoms with Gasteiger partial charge in [-0.3, -0.25) is 9.69 Å². The molecule has 1 aliphatic rings. The molecule has 1 aromatic rings. The number of amides is 1. The molecule has 1 fully saturated rings. The summed E-state index contributed by atoms with van der Waals surface area (Å²) >= 11 is 4.13. The largest absolute Gasteiger partial charge is 0.355 e. The zero-order chi connectivity index (χ0) is 15.1. The average Bonchev–Trinajstić information content (AvgIpc) is 2.50. The van der Waals surface area contributed by atoms with Crippen LogP contribution in [-0.4, -0.2) is 48.8 Å². The summed E-state index contributed by atoms with van der Waals surface area (Å²) in [5.74, 6) is 0.593. The van der Waals surface area contributed by atoms with Crippen LogP contribution in [0.4, 0.5) is 4.39 Å². The Bertz CT molecular complexity index is 455. The Labute approximate surface area is 130 Å². The lowest BCUT2D eigenvalue weighted by Gasteiger charge is -2.33. The maximum Gasteiger partial charge on any atom is 0.238 e. The van der Waals surface area contributed by atoms with Crippen LogP contribution in [0.2, 0.25) is 0 Å². The van der Waals surface area contributed by atoms with Crippen LogP contribution < -0.4 is 10.6 Å².